The van der Waals surface area contributed by atoms with E-state index in [0.29, 0.717) is 5.92 Å². The molecular weight excluding hydrogens is 164 g/mol. The lowest BCUT2D eigenvalue weighted by molar-refractivity contribution is -0.0767. The normalized spacial score (nSPS) is 25.8. The molecule has 0 bridgehead atoms. The van der Waals surface area contributed by atoms with E-state index in [1.165, 1.54) is 32.1 Å². The molecule has 76 valence electrons. The number of rotatable bonds is 4. The minimum atomic E-state index is 0.698. The largest absolute Gasteiger partial charge is 0.381 e. The van der Waals surface area contributed by atoms with Crippen molar-refractivity contribution in [2.75, 3.05) is 26.4 Å². The maximum absolute atomic E-state index is 5.70. The van der Waals surface area contributed by atoms with Crippen molar-refractivity contribution in [2.24, 2.45) is 11.8 Å². The number of hydrogen-bond donors (Lipinski definition) is 0. The predicted octanol–water partition coefficient (Wildman–Crippen LogP) is 2.23. The molecule has 0 radical (unpaired) electrons. The zero-order valence-electron chi connectivity index (χ0n) is 8.34. The van der Waals surface area contributed by atoms with Crippen molar-refractivity contribution in [2.45, 2.75) is 32.1 Å². The zero-order valence-corrected chi connectivity index (χ0v) is 8.34. The Bertz CT molecular complexity index is 137. The molecule has 0 amide bonds. The van der Waals surface area contributed by atoms with Gasteiger partial charge in [0.15, 0.2) is 0 Å². The summed E-state index contributed by atoms with van der Waals surface area (Å²) in [6.07, 6.45) is 7.05. The topological polar surface area (TPSA) is 18.5 Å². The van der Waals surface area contributed by atoms with Crippen LogP contribution in [0.25, 0.3) is 0 Å². The molecule has 1 saturated heterocycles. The second-order valence-corrected chi connectivity index (χ2v) is 4.44. The second-order valence-electron chi connectivity index (χ2n) is 4.44. The van der Waals surface area contributed by atoms with Crippen molar-refractivity contribution in [3.8, 4) is 0 Å². The highest BCUT2D eigenvalue weighted by Gasteiger charge is 2.19. The summed E-state index contributed by atoms with van der Waals surface area (Å²) in [6.45, 7) is 3.77. The lowest BCUT2D eigenvalue weighted by Gasteiger charge is -2.27. The van der Waals surface area contributed by atoms with Crippen molar-refractivity contribution in [1.29, 1.82) is 0 Å². The molecule has 1 aliphatic heterocycles. The van der Waals surface area contributed by atoms with Gasteiger partial charge in [-0.2, -0.15) is 0 Å². The Morgan fingerprint density at radius 3 is 2.23 bits per heavy atom. The molecule has 0 aromatic carbocycles. The molecule has 1 heterocycles. The van der Waals surface area contributed by atoms with Gasteiger partial charge in [-0.15, -0.1) is 0 Å². The first kappa shape index (κ1) is 9.47. The molecule has 0 spiro atoms. The van der Waals surface area contributed by atoms with Gasteiger partial charge in [0.25, 0.3) is 0 Å². The molecule has 2 heteroatoms. The van der Waals surface area contributed by atoms with Gasteiger partial charge in [-0.3, -0.25) is 0 Å². The molecular formula is C11H20O2. The van der Waals surface area contributed by atoms with Crippen molar-refractivity contribution >= 4 is 0 Å². The van der Waals surface area contributed by atoms with E-state index >= 15 is 0 Å². The van der Waals surface area contributed by atoms with Crippen LogP contribution in [0, 0.1) is 11.8 Å². The molecule has 1 aliphatic carbocycles. The minimum absolute atomic E-state index is 0.698. The van der Waals surface area contributed by atoms with Gasteiger partial charge in [-0.05, 0) is 18.8 Å². The third kappa shape index (κ3) is 2.96. The van der Waals surface area contributed by atoms with Gasteiger partial charge in [-0.1, -0.05) is 19.3 Å². The summed E-state index contributed by atoms with van der Waals surface area (Å²) in [5.41, 5.74) is 0. The number of ether oxygens (including phenoxy) is 2. The van der Waals surface area contributed by atoms with E-state index in [4.69, 9.17) is 9.47 Å². The van der Waals surface area contributed by atoms with Crippen molar-refractivity contribution in [3.05, 3.63) is 0 Å². The molecule has 0 aromatic rings. The maximum atomic E-state index is 5.70. The molecule has 2 nitrogen and oxygen atoms in total. The van der Waals surface area contributed by atoms with E-state index in [0.717, 1.165) is 32.3 Å². The Morgan fingerprint density at radius 1 is 0.923 bits per heavy atom. The second kappa shape index (κ2) is 4.97. The lowest BCUT2D eigenvalue weighted by atomic mass is 9.90. The van der Waals surface area contributed by atoms with Crippen LogP contribution in [0.2, 0.25) is 0 Å². The molecule has 2 aliphatic rings. The van der Waals surface area contributed by atoms with Crippen molar-refractivity contribution < 1.29 is 9.47 Å². The van der Waals surface area contributed by atoms with Crippen LogP contribution in [-0.4, -0.2) is 26.4 Å². The quantitative estimate of drug-likeness (QED) is 0.667. The molecule has 2 fully saturated rings. The number of hydrogen-bond acceptors (Lipinski definition) is 2. The molecule has 0 aromatic heterocycles. The van der Waals surface area contributed by atoms with Gasteiger partial charge in [0.1, 0.15) is 0 Å². The Kier molecular flexibility index (Phi) is 3.62. The minimum Gasteiger partial charge on any atom is -0.381 e. The van der Waals surface area contributed by atoms with Crippen LogP contribution in [0.4, 0.5) is 0 Å². The van der Waals surface area contributed by atoms with Crippen LogP contribution in [-0.2, 0) is 9.47 Å². The van der Waals surface area contributed by atoms with Gasteiger partial charge in [0.2, 0.25) is 0 Å². The average molecular weight is 184 g/mol. The molecule has 2 rings (SSSR count). The summed E-state index contributed by atoms with van der Waals surface area (Å²) >= 11 is 0. The van der Waals surface area contributed by atoms with Gasteiger partial charge >= 0.3 is 0 Å². The van der Waals surface area contributed by atoms with Crippen LogP contribution in [0.15, 0.2) is 0 Å². The smallest absolute Gasteiger partial charge is 0.0538 e. The van der Waals surface area contributed by atoms with Crippen LogP contribution in [0.3, 0.4) is 0 Å². The fourth-order valence-corrected chi connectivity index (χ4v) is 2.14. The van der Waals surface area contributed by atoms with Crippen molar-refractivity contribution in [3.63, 3.8) is 0 Å². The lowest BCUT2D eigenvalue weighted by Crippen LogP contribution is -2.32. The Balaban J connectivity index is 1.50. The monoisotopic (exact) mass is 184 g/mol. The summed E-state index contributed by atoms with van der Waals surface area (Å²) in [5, 5.41) is 0. The van der Waals surface area contributed by atoms with E-state index in [2.05, 4.69) is 0 Å². The maximum Gasteiger partial charge on any atom is 0.0538 e. The Hall–Kier alpha value is -0.0800. The Labute approximate surface area is 80.6 Å². The highest BCUT2D eigenvalue weighted by molar-refractivity contribution is 4.67. The fraction of sp³-hybridized carbons (Fsp3) is 1.00. The summed E-state index contributed by atoms with van der Waals surface area (Å²) < 4.78 is 10.8. The third-order valence-electron chi connectivity index (χ3n) is 3.14. The van der Waals surface area contributed by atoms with Crippen LogP contribution in [0.5, 0.6) is 0 Å². The van der Waals surface area contributed by atoms with E-state index in [1.54, 1.807) is 0 Å². The molecule has 13 heavy (non-hydrogen) atoms. The molecule has 1 saturated carbocycles. The summed E-state index contributed by atoms with van der Waals surface area (Å²) in [7, 11) is 0. The van der Waals surface area contributed by atoms with Crippen LogP contribution < -0.4 is 0 Å². The zero-order chi connectivity index (χ0) is 8.93. The Morgan fingerprint density at radius 2 is 1.62 bits per heavy atom. The summed E-state index contributed by atoms with van der Waals surface area (Å²) in [4.78, 5) is 0. The summed E-state index contributed by atoms with van der Waals surface area (Å²) in [5.74, 6) is 1.55. The van der Waals surface area contributed by atoms with Crippen molar-refractivity contribution in [1.82, 2.24) is 0 Å². The van der Waals surface area contributed by atoms with Gasteiger partial charge in [-0.25, -0.2) is 0 Å². The molecule has 0 unspecified atom stereocenters. The van der Waals surface area contributed by atoms with E-state index in [9.17, 15) is 0 Å². The first-order valence-corrected chi connectivity index (χ1v) is 5.60. The average Bonchev–Trinajstić information content (AvgIpc) is 2.11. The molecule has 0 N–H and O–H groups in total. The first-order valence-electron chi connectivity index (χ1n) is 5.60. The van der Waals surface area contributed by atoms with Gasteiger partial charge < -0.3 is 9.47 Å². The highest BCUT2D eigenvalue weighted by Crippen LogP contribution is 2.24. The third-order valence-corrected chi connectivity index (χ3v) is 3.14. The van der Waals surface area contributed by atoms with E-state index in [-0.39, 0.29) is 0 Å². The van der Waals surface area contributed by atoms with Gasteiger partial charge in [0, 0.05) is 12.5 Å². The van der Waals surface area contributed by atoms with E-state index < -0.39 is 0 Å². The van der Waals surface area contributed by atoms with E-state index in [1.807, 2.05) is 0 Å². The predicted molar refractivity (Wildman–Crippen MR) is 51.7 cm³/mol. The SMILES string of the molecule is C1CCC(COCC2COC2)CC1. The van der Waals surface area contributed by atoms with Crippen LogP contribution >= 0.6 is 0 Å². The molecule has 0 atom stereocenters. The highest BCUT2D eigenvalue weighted by atomic mass is 16.5. The fourth-order valence-electron chi connectivity index (χ4n) is 2.14. The standard InChI is InChI=1S/C11H20O2/c1-2-4-10(5-3-1)6-12-7-11-8-13-9-11/h10-11H,1-9H2. The first-order chi connectivity index (χ1) is 6.45. The van der Waals surface area contributed by atoms with Crippen LogP contribution in [0.1, 0.15) is 32.1 Å². The summed E-state index contributed by atoms with van der Waals surface area (Å²) in [6, 6.07) is 0. The van der Waals surface area contributed by atoms with Gasteiger partial charge in [0.05, 0.1) is 19.8 Å².